The van der Waals surface area contributed by atoms with Gasteiger partial charge < -0.3 is 14.3 Å². The first-order chi connectivity index (χ1) is 19.5. The van der Waals surface area contributed by atoms with Gasteiger partial charge in [-0.2, -0.15) is 0 Å². The lowest BCUT2D eigenvalue weighted by molar-refractivity contribution is -0.120. The zero-order valence-corrected chi connectivity index (χ0v) is 24.5. The molecule has 1 amide bonds. The van der Waals surface area contributed by atoms with Gasteiger partial charge in [-0.15, -0.1) is 0 Å². The summed E-state index contributed by atoms with van der Waals surface area (Å²) in [6.07, 6.45) is 1.24. The molecule has 5 rings (SSSR count). The highest BCUT2D eigenvalue weighted by Crippen LogP contribution is 2.33. The Balaban J connectivity index is 1.42. The second-order valence-electron chi connectivity index (χ2n) is 10.5. The van der Waals surface area contributed by atoms with Gasteiger partial charge in [0.25, 0.3) is 0 Å². The van der Waals surface area contributed by atoms with Gasteiger partial charge in [0.1, 0.15) is 23.1 Å². The maximum absolute atomic E-state index is 13.3. The molecule has 0 aliphatic heterocycles. The molecule has 0 saturated carbocycles. The van der Waals surface area contributed by atoms with E-state index in [0.717, 1.165) is 33.9 Å². The number of hydrogen-bond donors (Lipinski definition) is 2. The predicted octanol–water partition coefficient (Wildman–Crippen LogP) is 5.74. The molecule has 2 atom stereocenters. The second-order valence-corrected chi connectivity index (χ2v) is 12.3. The predicted molar refractivity (Wildman–Crippen MR) is 158 cm³/mol. The molecule has 0 aliphatic carbocycles. The van der Waals surface area contributed by atoms with Crippen molar-refractivity contribution >= 4 is 26.9 Å². The Morgan fingerprint density at radius 3 is 2.34 bits per heavy atom. The number of furan rings is 1. The Bertz CT molecular complexity index is 1800. The maximum Gasteiger partial charge on any atom is 0.225 e. The summed E-state index contributed by atoms with van der Waals surface area (Å²) in [6.45, 7) is 7.59. The van der Waals surface area contributed by atoms with Crippen molar-refractivity contribution in [1.29, 1.82) is 0 Å². The smallest absolute Gasteiger partial charge is 0.225 e. The van der Waals surface area contributed by atoms with Crippen LogP contribution in [0, 0.1) is 27.7 Å². The van der Waals surface area contributed by atoms with Crippen molar-refractivity contribution in [2.45, 2.75) is 46.2 Å². The Morgan fingerprint density at radius 1 is 0.927 bits per heavy atom. The summed E-state index contributed by atoms with van der Waals surface area (Å²) in [5.41, 5.74) is 6.82. The van der Waals surface area contributed by atoms with Crippen LogP contribution in [0.4, 0.5) is 0 Å². The number of nitrogens with one attached hydrogen (secondary N) is 2. The van der Waals surface area contributed by atoms with E-state index in [1.807, 2.05) is 48.5 Å². The third kappa shape index (κ3) is 6.42. The second kappa shape index (κ2) is 11.3. The number of carbonyl (C=O) groups is 1. The average molecular weight is 572 g/mol. The van der Waals surface area contributed by atoms with Gasteiger partial charge in [-0.05, 0) is 62.1 Å². The van der Waals surface area contributed by atoms with Crippen molar-refractivity contribution in [2.24, 2.45) is 0 Å². The SMILES string of the molecule is Cc1ccc(C(NC(=O)Cc2ccc3cc(C(NS(C)(=O)=O)c4c(C)noc4C)oc3c2)c2ccccc2)c(C)c1. The molecule has 2 unspecified atom stereocenters. The largest absolute Gasteiger partial charge is 0.459 e. The first-order valence-electron chi connectivity index (χ1n) is 13.3. The monoisotopic (exact) mass is 571 g/mol. The molecule has 0 aliphatic rings. The van der Waals surface area contributed by atoms with Crippen molar-refractivity contribution in [1.82, 2.24) is 15.2 Å². The van der Waals surface area contributed by atoms with Crippen LogP contribution in [-0.2, 0) is 21.2 Å². The summed E-state index contributed by atoms with van der Waals surface area (Å²) in [4.78, 5) is 13.3. The number of fused-ring (bicyclic) bond motifs is 1. The van der Waals surface area contributed by atoms with E-state index in [4.69, 9.17) is 8.94 Å². The summed E-state index contributed by atoms with van der Waals surface area (Å²) in [5.74, 6) is 0.774. The minimum Gasteiger partial charge on any atom is -0.459 e. The zero-order chi connectivity index (χ0) is 29.3. The van der Waals surface area contributed by atoms with Crippen LogP contribution in [-0.4, -0.2) is 25.7 Å². The fourth-order valence-electron chi connectivity index (χ4n) is 5.26. The fraction of sp³-hybridized carbons (Fsp3) is 0.250. The number of nitrogens with zero attached hydrogens (tertiary/aromatic N) is 1. The summed E-state index contributed by atoms with van der Waals surface area (Å²) in [7, 11) is -3.59. The van der Waals surface area contributed by atoms with Gasteiger partial charge in [0.05, 0.1) is 24.4 Å². The molecule has 2 heterocycles. The van der Waals surface area contributed by atoms with E-state index in [2.05, 4.69) is 47.2 Å². The lowest BCUT2D eigenvalue weighted by atomic mass is 9.93. The van der Waals surface area contributed by atoms with Crippen LogP contribution in [0.3, 0.4) is 0 Å². The third-order valence-corrected chi connectivity index (χ3v) is 7.80. The fourth-order valence-corrected chi connectivity index (χ4v) is 5.92. The molecule has 9 heteroatoms. The van der Waals surface area contributed by atoms with Crippen LogP contribution in [0.25, 0.3) is 11.0 Å². The summed E-state index contributed by atoms with van der Waals surface area (Å²) >= 11 is 0. The number of rotatable bonds is 9. The molecule has 41 heavy (non-hydrogen) atoms. The summed E-state index contributed by atoms with van der Waals surface area (Å²) in [5, 5.41) is 7.98. The highest BCUT2D eigenvalue weighted by molar-refractivity contribution is 7.88. The highest BCUT2D eigenvalue weighted by atomic mass is 32.2. The molecule has 0 fully saturated rings. The molecule has 0 saturated heterocycles. The number of aromatic nitrogens is 1. The van der Waals surface area contributed by atoms with Gasteiger partial charge in [-0.25, -0.2) is 13.1 Å². The first-order valence-corrected chi connectivity index (χ1v) is 15.2. The minimum absolute atomic E-state index is 0.128. The van der Waals surface area contributed by atoms with Crippen LogP contribution in [0.15, 0.2) is 81.7 Å². The molecule has 212 valence electrons. The van der Waals surface area contributed by atoms with Gasteiger partial charge in [-0.3, -0.25) is 4.79 Å². The molecule has 0 spiro atoms. The molecule has 2 aromatic heterocycles. The van der Waals surface area contributed by atoms with E-state index >= 15 is 0 Å². The summed E-state index contributed by atoms with van der Waals surface area (Å²) < 4.78 is 38.5. The van der Waals surface area contributed by atoms with Crippen molar-refractivity contribution in [3.8, 4) is 0 Å². The van der Waals surface area contributed by atoms with E-state index in [1.54, 1.807) is 19.9 Å². The number of benzene rings is 3. The number of aryl methyl sites for hydroxylation is 4. The lowest BCUT2D eigenvalue weighted by Gasteiger charge is -2.22. The van der Waals surface area contributed by atoms with Gasteiger partial charge in [0.2, 0.25) is 15.9 Å². The maximum atomic E-state index is 13.3. The Labute approximate surface area is 239 Å². The van der Waals surface area contributed by atoms with Crippen LogP contribution in [0.1, 0.15) is 62.7 Å². The number of carbonyl (C=O) groups excluding carboxylic acids is 1. The molecule has 8 nitrogen and oxygen atoms in total. The van der Waals surface area contributed by atoms with E-state index in [-0.39, 0.29) is 18.4 Å². The van der Waals surface area contributed by atoms with Crippen LogP contribution in [0.5, 0.6) is 0 Å². The van der Waals surface area contributed by atoms with E-state index < -0.39 is 16.1 Å². The molecule has 5 aromatic rings. The molecule has 0 radical (unpaired) electrons. The van der Waals surface area contributed by atoms with Gasteiger partial charge in [0.15, 0.2) is 0 Å². The molecular weight excluding hydrogens is 538 g/mol. The lowest BCUT2D eigenvalue weighted by Crippen LogP contribution is -2.31. The van der Waals surface area contributed by atoms with Crippen molar-refractivity contribution in [2.75, 3.05) is 6.26 Å². The summed E-state index contributed by atoms with van der Waals surface area (Å²) in [6, 6.07) is 22.4. The van der Waals surface area contributed by atoms with Gasteiger partial charge in [-0.1, -0.05) is 71.4 Å². The van der Waals surface area contributed by atoms with Gasteiger partial charge >= 0.3 is 0 Å². The average Bonchev–Trinajstić information content (AvgIpc) is 3.48. The van der Waals surface area contributed by atoms with Crippen molar-refractivity contribution in [3.63, 3.8) is 0 Å². The number of amides is 1. The van der Waals surface area contributed by atoms with Crippen LogP contribution >= 0.6 is 0 Å². The number of hydrogen-bond acceptors (Lipinski definition) is 6. The van der Waals surface area contributed by atoms with Crippen molar-refractivity contribution in [3.05, 3.63) is 123 Å². The van der Waals surface area contributed by atoms with Gasteiger partial charge in [0, 0.05) is 10.9 Å². The Morgan fingerprint density at radius 2 is 1.68 bits per heavy atom. The quantitative estimate of drug-likeness (QED) is 0.233. The minimum atomic E-state index is -3.59. The number of sulfonamides is 1. The third-order valence-electron chi connectivity index (χ3n) is 7.14. The van der Waals surface area contributed by atoms with Crippen molar-refractivity contribution < 1.29 is 22.2 Å². The Kier molecular flexibility index (Phi) is 7.84. The van der Waals surface area contributed by atoms with Crippen LogP contribution < -0.4 is 10.0 Å². The highest BCUT2D eigenvalue weighted by Gasteiger charge is 2.28. The molecule has 0 bridgehead atoms. The normalized spacial score (nSPS) is 13.3. The first kappa shape index (κ1) is 28.3. The molecule has 2 N–H and O–H groups in total. The topological polar surface area (TPSA) is 114 Å². The van der Waals surface area contributed by atoms with E-state index in [0.29, 0.717) is 28.4 Å². The molecule has 3 aromatic carbocycles. The molecular formula is C32H33N3O5S. The Hall–Kier alpha value is -4.21. The zero-order valence-electron chi connectivity index (χ0n) is 23.7. The van der Waals surface area contributed by atoms with Crippen LogP contribution in [0.2, 0.25) is 0 Å². The standard InChI is InChI=1S/C32H33N3O5S/c1-19-11-14-26(20(2)15-19)31(24-9-7-6-8-10-24)33-29(36)17-23-12-13-25-18-28(39-27(25)16-23)32(35-41(5,37)38)30-21(3)34-40-22(30)4/h6-16,18,31-32,35H,17H2,1-5H3,(H,33,36). The van der Waals surface area contributed by atoms with E-state index in [1.165, 1.54) is 5.56 Å². The van der Waals surface area contributed by atoms with E-state index in [9.17, 15) is 13.2 Å².